The number of methoxy groups -OCH3 is 2. The molecule has 5 heteroatoms. The van der Waals surface area contributed by atoms with Crippen molar-refractivity contribution in [3.8, 4) is 11.5 Å². The van der Waals surface area contributed by atoms with Crippen molar-refractivity contribution >= 4 is 11.6 Å². The fourth-order valence-corrected chi connectivity index (χ4v) is 2.40. The molecule has 1 aromatic carbocycles. The summed E-state index contributed by atoms with van der Waals surface area (Å²) in [5.74, 6) is 1.17. The highest BCUT2D eigenvalue weighted by Gasteiger charge is 2.16. The molecule has 0 saturated heterocycles. The number of hydrogen-bond acceptors (Lipinski definition) is 4. The van der Waals surface area contributed by atoms with Crippen molar-refractivity contribution < 1.29 is 14.6 Å². The summed E-state index contributed by atoms with van der Waals surface area (Å²) < 4.78 is 10.5. The summed E-state index contributed by atoms with van der Waals surface area (Å²) >= 11 is 6.21. The van der Waals surface area contributed by atoms with Crippen LogP contribution in [0.3, 0.4) is 0 Å². The molecule has 0 radical (unpaired) electrons. The normalized spacial score (nSPS) is 12.8. The van der Waals surface area contributed by atoms with Gasteiger partial charge in [-0.2, -0.15) is 0 Å². The molecule has 20 heavy (non-hydrogen) atoms. The van der Waals surface area contributed by atoms with Gasteiger partial charge in [0.2, 0.25) is 0 Å². The highest BCUT2D eigenvalue weighted by atomic mass is 35.5. The van der Waals surface area contributed by atoms with E-state index in [2.05, 4.69) is 18.7 Å². The molecule has 1 aromatic rings. The summed E-state index contributed by atoms with van der Waals surface area (Å²) in [6.07, 6.45) is -0.368. The smallest absolute Gasteiger partial charge is 0.179 e. The highest BCUT2D eigenvalue weighted by Crippen LogP contribution is 2.36. The Hall–Kier alpha value is -0.970. The van der Waals surface area contributed by atoms with E-state index in [1.54, 1.807) is 21.1 Å². The first-order valence-electron chi connectivity index (χ1n) is 6.71. The molecular weight excluding hydrogens is 278 g/mol. The predicted octanol–water partition coefficient (Wildman–Crippen LogP) is 2.95. The fraction of sp³-hybridized carbons (Fsp3) is 0.600. The minimum atomic E-state index is -0.368. The van der Waals surface area contributed by atoms with Crippen molar-refractivity contribution in [3.63, 3.8) is 0 Å². The van der Waals surface area contributed by atoms with Crippen molar-refractivity contribution in [3.05, 3.63) is 22.7 Å². The first-order valence-corrected chi connectivity index (χ1v) is 7.09. The van der Waals surface area contributed by atoms with Crippen LogP contribution in [0.2, 0.25) is 5.02 Å². The number of rotatable bonds is 7. The Morgan fingerprint density at radius 1 is 1.20 bits per heavy atom. The number of aliphatic hydroxyl groups excluding tert-OH is 1. The van der Waals surface area contributed by atoms with Crippen LogP contribution in [-0.4, -0.2) is 42.9 Å². The van der Waals surface area contributed by atoms with Crippen LogP contribution in [0.4, 0.5) is 0 Å². The van der Waals surface area contributed by atoms with Gasteiger partial charge in [0.25, 0.3) is 0 Å². The molecule has 4 nitrogen and oxygen atoms in total. The van der Waals surface area contributed by atoms with Crippen LogP contribution in [0.25, 0.3) is 0 Å². The van der Waals surface area contributed by atoms with Gasteiger partial charge >= 0.3 is 0 Å². The van der Waals surface area contributed by atoms with E-state index >= 15 is 0 Å². The van der Waals surface area contributed by atoms with Crippen LogP contribution in [-0.2, 0) is 6.54 Å². The van der Waals surface area contributed by atoms with Crippen molar-refractivity contribution in [2.45, 2.75) is 39.5 Å². The van der Waals surface area contributed by atoms with Crippen LogP contribution < -0.4 is 9.47 Å². The van der Waals surface area contributed by atoms with Crippen molar-refractivity contribution in [1.29, 1.82) is 0 Å². The van der Waals surface area contributed by atoms with Crippen molar-refractivity contribution in [2.75, 3.05) is 20.8 Å². The van der Waals surface area contributed by atoms with Crippen molar-refractivity contribution in [2.24, 2.45) is 0 Å². The standard InChI is InChI=1S/C15H24ClNO3/c1-10(2)17(8-11(3)18)9-12-6-13(16)15(20-5)14(7-12)19-4/h6-7,10-11,18H,8-9H2,1-5H3. The average Bonchev–Trinajstić information content (AvgIpc) is 2.36. The molecule has 1 atom stereocenters. The molecule has 0 aliphatic heterocycles. The van der Waals surface area contributed by atoms with Gasteiger partial charge in [0, 0.05) is 19.1 Å². The Morgan fingerprint density at radius 3 is 2.30 bits per heavy atom. The lowest BCUT2D eigenvalue weighted by Crippen LogP contribution is -2.36. The number of benzene rings is 1. The second-order valence-corrected chi connectivity index (χ2v) is 5.59. The van der Waals surface area contributed by atoms with E-state index in [9.17, 15) is 5.11 Å². The van der Waals surface area contributed by atoms with E-state index < -0.39 is 0 Å². The molecule has 0 heterocycles. The fourth-order valence-electron chi connectivity index (χ4n) is 2.09. The Morgan fingerprint density at radius 2 is 1.85 bits per heavy atom. The quantitative estimate of drug-likeness (QED) is 0.841. The monoisotopic (exact) mass is 301 g/mol. The summed E-state index contributed by atoms with van der Waals surface area (Å²) in [4.78, 5) is 2.18. The molecule has 0 aliphatic carbocycles. The van der Waals surface area contributed by atoms with Gasteiger partial charge in [-0.05, 0) is 38.5 Å². The molecule has 1 unspecified atom stereocenters. The van der Waals surface area contributed by atoms with E-state index in [0.717, 1.165) is 5.56 Å². The van der Waals surface area contributed by atoms with E-state index in [0.29, 0.717) is 35.7 Å². The molecule has 0 aliphatic rings. The maximum Gasteiger partial charge on any atom is 0.179 e. The minimum Gasteiger partial charge on any atom is -0.493 e. The van der Waals surface area contributed by atoms with Crippen LogP contribution in [0.1, 0.15) is 26.3 Å². The largest absolute Gasteiger partial charge is 0.493 e. The summed E-state index contributed by atoms with van der Waals surface area (Å²) in [5.41, 5.74) is 1.03. The Labute approximate surface area is 126 Å². The second kappa shape index (κ2) is 7.72. The first kappa shape index (κ1) is 17.1. The average molecular weight is 302 g/mol. The molecule has 0 amide bonds. The summed E-state index contributed by atoms with van der Waals surface area (Å²) in [5, 5.41) is 10.1. The van der Waals surface area contributed by atoms with Crippen LogP contribution in [0, 0.1) is 0 Å². The Bertz CT molecular complexity index is 435. The predicted molar refractivity (Wildman–Crippen MR) is 81.8 cm³/mol. The van der Waals surface area contributed by atoms with Crippen LogP contribution in [0.5, 0.6) is 11.5 Å². The lowest BCUT2D eigenvalue weighted by atomic mass is 10.1. The molecule has 1 N–H and O–H groups in total. The van der Waals surface area contributed by atoms with Gasteiger partial charge in [-0.25, -0.2) is 0 Å². The summed E-state index contributed by atoms with van der Waals surface area (Å²) in [7, 11) is 3.16. The van der Waals surface area contributed by atoms with Crippen LogP contribution >= 0.6 is 11.6 Å². The van der Waals surface area contributed by atoms with Crippen LogP contribution in [0.15, 0.2) is 12.1 Å². The van der Waals surface area contributed by atoms with E-state index in [-0.39, 0.29) is 6.10 Å². The maximum absolute atomic E-state index is 9.57. The Balaban J connectivity index is 2.98. The van der Waals surface area contributed by atoms with Gasteiger partial charge in [-0.1, -0.05) is 11.6 Å². The molecule has 114 valence electrons. The van der Waals surface area contributed by atoms with Gasteiger partial charge in [-0.15, -0.1) is 0 Å². The summed E-state index contributed by atoms with van der Waals surface area (Å²) in [6, 6.07) is 4.12. The first-order chi connectivity index (χ1) is 9.38. The molecule has 0 saturated carbocycles. The molecule has 0 fully saturated rings. The topological polar surface area (TPSA) is 41.9 Å². The van der Waals surface area contributed by atoms with Gasteiger partial charge in [0.15, 0.2) is 11.5 Å². The molecule has 0 spiro atoms. The SMILES string of the molecule is COc1cc(CN(CC(C)O)C(C)C)cc(Cl)c1OC. The van der Waals surface area contributed by atoms with Gasteiger partial charge < -0.3 is 14.6 Å². The molecular formula is C15H24ClNO3. The number of aliphatic hydroxyl groups is 1. The molecule has 0 bridgehead atoms. The molecule has 1 rings (SSSR count). The highest BCUT2D eigenvalue weighted by molar-refractivity contribution is 6.32. The summed E-state index contributed by atoms with van der Waals surface area (Å²) in [6.45, 7) is 7.30. The van der Waals surface area contributed by atoms with Gasteiger partial charge in [0.05, 0.1) is 25.3 Å². The van der Waals surface area contributed by atoms with E-state index in [4.69, 9.17) is 21.1 Å². The number of nitrogens with zero attached hydrogens (tertiary/aromatic N) is 1. The van der Waals surface area contributed by atoms with Gasteiger partial charge in [0.1, 0.15) is 0 Å². The Kier molecular flexibility index (Phi) is 6.59. The van der Waals surface area contributed by atoms with Gasteiger partial charge in [-0.3, -0.25) is 4.90 Å². The van der Waals surface area contributed by atoms with E-state index in [1.165, 1.54) is 0 Å². The number of halogens is 1. The van der Waals surface area contributed by atoms with Crippen molar-refractivity contribution in [1.82, 2.24) is 4.90 Å². The lowest BCUT2D eigenvalue weighted by molar-refractivity contribution is 0.103. The zero-order valence-electron chi connectivity index (χ0n) is 12.8. The van der Waals surface area contributed by atoms with E-state index in [1.807, 2.05) is 12.1 Å². The maximum atomic E-state index is 9.57. The lowest BCUT2D eigenvalue weighted by Gasteiger charge is -2.28. The number of hydrogen-bond donors (Lipinski definition) is 1. The number of ether oxygens (including phenoxy) is 2. The zero-order valence-corrected chi connectivity index (χ0v) is 13.6. The zero-order chi connectivity index (χ0) is 15.3. The molecule has 0 aromatic heterocycles. The minimum absolute atomic E-state index is 0.330. The second-order valence-electron chi connectivity index (χ2n) is 5.19. The third-order valence-electron chi connectivity index (χ3n) is 3.11. The third-order valence-corrected chi connectivity index (χ3v) is 3.39. The third kappa shape index (κ3) is 4.54.